The summed E-state index contributed by atoms with van der Waals surface area (Å²) >= 11 is 0. The number of ether oxygens (including phenoxy) is 1. The van der Waals surface area contributed by atoms with Crippen molar-refractivity contribution in [2.75, 3.05) is 0 Å². The van der Waals surface area contributed by atoms with Crippen molar-refractivity contribution >= 4 is 20.4 Å². The van der Waals surface area contributed by atoms with Crippen LogP contribution >= 0.6 is 0 Å². The summed E-state index contributed by atoms with van der Waals surface area (Å²) < 4.78 is 11.9. The first kappa shape index (κ1) is 30.9. The van der Waals surface area contributed by atoms with E-state index in [0.717, 1.165) is 6.42 Å². The molecule has 0 aromatic heterocycles. The van der Waals surface area contributed by atoms with Gasteiger partial charge in [0.05, 0.1) is 18.2 Å². The lowest BCUT2D eigenvalue weighted by molar-refractivity contribution is -0.137. The van der Waals surface area contributed by atoms with Crippen LogP contribution in [0.25, 0.3) is 0 Å². The van der Waals surface area contributed by atoms with Crippen molar-refractivity contribution in [1.82, 2.24) is 5.32 Å². The Morgan fingerprint density at radius 3 is 1.94 bits per heavy atom. The Morgan fingerprint density at radius 2 is 1.53 bits per heavy atom. The molecule has 0 aliphatic rings. The molecule has 0 fully saturated rings. The van der Waals surface area contributed by atoms with E-state index in [-0.39, 0.29) is 17.4 Å². The Labute approximate surface area is 196 Å². The van der Waals surface area contributed by atoms with Gasteiger partial charge in [0.2, 0.25) is 0 Å². The maximum atomic E-state index is 12.6. The SMILES string of the molecule is CC(C)C[C@@H](CCC(=O)O)C[C@H](O)[C@H](NC(=O)OC(C)(C)C)[C@@H](C)O[Si](C)(C)C(C)(C)C. The Balaban J connectivity index is 5.65. The van der Waals surface area contributed by atoms with E-state index in [1.54, 1.807) is 20.8 Å². The van der Waals surface area contributed by atoms with E-state index in [9.17, 15) is 14.7 Å². The summed E-state index contributed by atoms with van der Waals surface area (Å²) in [6.45, 7) is 22.1. The van der Waals surface area contributed by atoms with Crippen LogP contribution in [-0.2, 0) is 14.0 Å². The topological polar surface area (TPSA) is 105 Å². The first-order chi connectivity index (χ1) is 14.2. The van der Waals surface area contributed by atoms with Crippen LogP contribution in [0.4, 0.5) is 4.79 Å². The molecule has 0 aromatic rings. The maximum absolute atomic E-state index is 12.6. The van der Waals surface area contributed by atoms with Crippen molar-refractivity contribution < 1.29 is 29.0 Å². The number of carboxylic acid groups (broad SMARTS) is 1. The van der Waals surface area contributed by atoms with Crippen molar-refractivity contribution in [2.24, 2.45) is 11.8 Å². The number of carbonyl (C=O) groups excluding carboxylic acids is 1. The van der Waals surface area contributed by atoms with Gasteiger partial charge in [0.25, 0.3) is 0 Å². The zero-order valence-electron chi connectivity index (χ0n) is 22.2. The predicted molar refractivity (Wildman–Crippen MR) is 131 cm³/mol. The van der Waals surface area contributed by atoms with Crippen LogP contribution < -0.4 is 5.32 Å². The van der Waals surface area contributed by atoms with Crippen LogP contribution in [0.2, 0.25) is 18.1 Å². The Morgan fingerprint density at radius 1 is 1.00 bits per heavy atom. The smallest absolute Gasteiger partial charge is 0.408 e. The molecule has 32 heavy (non-hydrogen) atoms. The van der Waals surface area contributed by atoms with Gasteiger partial charge >= 0.3 is 12.1 Å². The van der Waals surface area contributed by atoms with Crippen molar-refractivity contribution in [1.29, 1.82) is 0 Å². The number of hydrogen-bond donors (Lipinski definition) is 3. The molecule has 7 nitrogen and oxygen atoms in total. The zero-order valence-corrected chi connectivity index (χ0v) is 23.2. The third-order valence-electron chi connectivity index (χ3n) is 6.04. The van der Waals surface area contributed by atoms with Crippen LogP contribution in [-0.4, -0.2) is 54.4 Å². The molecule has 0 aliphatic carbocycles. The maximum Gasteiger partial charge on any atom is 0.408 e. The number of aliphatic hydroxyl groups excluding tert-OH is 1. The number of alkyl carbamates (subject to hydrolysis) is 1. The van der Waals surface area contributed by atoms with Crippen LogP contribution in [0.5, 0.6) is 0 Å². The van der Waals surface area contributed by atoms with Crippen molar-refractivity contribution in [2.45, 2.75) is 130 Å². The Hall–Kier alpha value is -1.12. The average molecular weight is 476 g/mol. The summed E-state index contributed by atoms with van der Waals surface area (Å²) in [4.78, 5) is 23.6. The van der Waals surface area contributed by atoms with Gasteiger partial charge in [-0.25, -0.2) is 4.79 Å². The molecular weight excluding hydrogens is 426 g/mol. The number of hydrogen-bond acceptors (Lipinski definition) is 5. The minimum absolute atomic E-state index is 0.0235. The van der Waals surface area contributed by atoms with E-state index < -0.39 is 44.2 Å². The molecule has 1 amide bonds. The van der Waals surface area contributed by atoms with Gasteiger partial charge < -0.3 is 24.7 Å². The summed E-state index contributed by atoms with van der Waals surface area (Å²) in [5.74, 6) is -0.436. The number of aliphatic hydroxyl groups is 1. The summed E-state index contributed by atoms with van der Waals surface area (Å²) in [5.41, 5.74) is -0.662. The van der Waals surface area contributed by atoms with E-state index >= 15 is 0 Å². The molecule has 4 atom stereocenters. The molecule has 0 spiro atoms. The molecule has 8 heteroatoms. The van der Waals surface area contributed by atoms with Gasteiger partial charge in [0, 0.05) is 6.42 Å². The van der Waals surface area contributed by atoms with Crippen molar-refractivity contribution in [3.63, 3.8) is 0 Å². The van der Waals surface area contributed by atoms with E-state index in [1.165, 1.54) is 0 Å². The summed E-state index contributed by atoms with van der Waals surface area (Å²) in [7, 11) is -2.15. The van der Waals surface area contributed by atoms with Crippen molar-refractivity contribution in [3.8, 4) is 0 Å². The quantitative estimate of drug-likeness (QED) is 0.319. The fourth-order valence-electron chi connectivity index (χ4n) is 3.50. The number of aliphatic carboxylic acids is 1. The molecule has 0 aromatic carbocycles. The molecule has 190 valence electrons. The van der Waals surface area contributed by atoms with Gasteiger partial charge in [-0.1, -0.05) is 34.6 Å². The number of rotatable bonds is 12. The Bertz CT molecular complexity index is 594. The zero-order chi connectivity index (χ0) is 25.5. The second kappa shape index (κ2) is 12.4. The standard InChI is InChI=1S/C24H49NO6Si/c1-16(2)14-18(12-13-20(27)28)15-19(26)21(25-22(29)30-23(4,5)6)17(3)31-32(10,11)24(7,8)9/h16-19,21,26H,12-15H2,1-11H3,(H,25,29)(H,27,28)/t17-,18-,19+,21-/m1/s1. The van der Waals surface area contributed by atoms with Crippen LogP contribution in [0.1, 0.15) is 88.0 Å². The van der Waals surface area contributed by atoms with Crippen LogP contribution in [0.3, 0.4) is 0 Å². The molecule has 0 radical (unpaired) electrons. The summed E-state index contributed by atoms with van der Waals surface area (Å²) in [6.07, 6.45) is -0.181. The van der Waals surface area contributed by atoms with Crippen LogP contribution in [0, 0.1) is 11.8 Å². The minimum atomic E-state index is -2.15. The summed E-state index contributed by atoms with van der Waals surface area (Å²) in [6, 6.07) is -0.668. The second-order valence-corrected chi connectivity index (χ2v) is 16.7. The predicted octanol–water partition coefficient (Wildman–Crippen LogP) is 5.57. The molecule has 0 bridgehead atoms. The third kappa shape index (κ3) is 12.2. The molecule has 0 rings (SSSR count). The molecule has 3 N–H and O–H groups in total. The van der Waals surface area contributed by atoms with E-state index in [0.29, 0.717) is 18.8 Å². The number of amides is 1. The van der Waals surface area contributed by atoms with Gasteiger partial charge in [0.1, 0.15) is 5.60 Å². The van der Waals surface area contributed by atoms with Crippen molar-refractivity contribution in [3.05, 3.63) is 0 Å². The molecular formula is C24H49NO6Si. The highest BCUT2D eigenvalue weighted by molar-refractivity contribution is 6.74. The lowest BCUT2D eigenvalue weighted by Crippen LogP contribution is -2.56. The first-order valence-electron chi connectivity index (χ1n) is 11.8. The second-order valence-electron chi connectivity index (χ2n) is 12.0. The first-order valence-corrected chi connectivity index (χ1v) is 14.7. The highest BCUT2D eigenvalue weighted by Gasteiger charge is 2.41. The number of carboxylic acids is 1. The normalized spacial score (nSPS) is 16.9. The van der Waals surface area contributed by atoms with Gasteiger partial charge in [-0.05, 0) is 76.9 Å². The average Bonchev–Trinajstić information content (AvgIpc) is 2.53. The largest absolute Gasteiger partial charge is 0.481 e. The van der Waals surface area contributed by atoms with E-state index in [2.05, 4.69) is 53.0 Å². The lowest BCUT2D eigenvalue weighted by atomic mass is 9.86. The van der Waals surface area contributed by atoms with Gasteiger partial charge in [-0.3, -0.25) is 4.79 Å². The molecule has 0 saturated heterocycles. The van der Waals surface area contributed by atoms with Gasteiger partial charge in [-0.15, -0.1) is 0 Å². The lowest BCUT2D eigenvalue weighted by Gasteiger charge is -2.41. The molecule has 0 aliphatic heterocycles. The van der Waals surface area contributed by atoms with Crippen LogP contribution in [0.15, 0.2) is 0 Å². The molecule has 0 saturated carbocycles. The van der Waals surface area contributed by atoms with E-state index in [4.69, 9.17) is 14.3 Å². The monoisotopic (exact) mass is 475 g/mol. The summed E-state index contributed by atoms with van der Waals surface area (Å²) in [5, 5.41) is 23.1. The fourth-order valence-corrected chi connectivity index (χ4v) is 4.93. The minimum Gasteiger partial charge on any atom is -0.481 e. The number of carbonyl (C=O) groups is 2. The highest BCUT2D eigenvalue weighted by Crippen LogP contribution is 2.38. The van der Waals surface area contributed by atoms with Gasteiger partial charge in [0.15, 0.2) is 8.32 Å². The fraction of sp³-hybridized carbons (Fsp3) is 0.917. The van der Waals surface area contributed by atoms with Gasteiger partial charge in [-0.2, -0.15) is 0 Å². The Kier molecular flexibility index (Phi) is 11.9. The third-order valence-corrected chi connectivity index (χ3v) is 10.6. The van der Waals surface area contributed by atoms with E-state index in [1.807, 2.05) is 6.92 Å². The molecule has 0 unspecified atom stereocenters. The highest BCUT2D eigenvalue weighted by atomic mass is 28.4. The molecule has 0 heterocycles. The number of nitrogens with one attached hydrogen (secondary N) is 1.